The number of esters is 2. The van der Waals surface area contributed by atoms with E-state index in [9.17, 15) is 19.0 Å². The smallest absolute Gasteiger partial charge is 0.462 e. The predicted molar refractivity (Wildman–Crippen MR) is 311 cm³/mol. The monoisotopic (exact) mass is 1020 g/mol. The van der Waals surface area contributed by atoms with Crippen molar-refractivity contribution in [2.75, 3.05) is 26.4 Å². The minimum atomic E-state index is -4.43. The standard InChI is InChI=1S/C63H94NO8P/c1-3-5-7-9-11-13-15-17-19-21-23-24-25-26-27-28-29-30-31-32-33-34-35-36-38-40-42-44-46-48-50-52-54-56-63(66)72-61(60-71-73(67,68)70-58-57-64)59-69-62(65)55-53-51-49-47-45-43-41-39-37-22-20-18-16-14-12-10-8-6-4-2/h5-8,11-14,17-20,23-24,26-27,29-30,32-33,35-37,39-40,42-43,45-46,48-49,51,61H,3-4,9-10,15-16,21-22,25,28,31,34,38,41,44,47,50,52-60,64H2,1-2H3,(H,67,68)/b7-5-,8-6-,13-11-,14-12-,19-17-,20-18-,24-23-,27-26-,30-29-,33-32-,36-35-,39-37-,42-40-,45-43-,48-46-,51-49-. The molecule has 0 fully saturated rings. The van der Waals surface area contributed by atoms with Gasteiger partial charge in [-0.05, 0) is 128 Å². The molecule has 0 saturated heterocycles. The Kier molecular flexibility index (Phi) is 52.2. The summed E-state index contributed by atoms with van der Waals surface area (Å²) >= 11 is 0. The molecular weight excluding hydrogens is 930 g/mol. The first kappa shape index (κ1) is 67.8. The van der Waals surface area contributed by atoms with Crippen molar-refractivity contribution in [2.45, 2.75) is 161 Å². The van der Waals surface area contributed by atoms with E-state index in [4.69, 9.17) is 24.3 Å². The fourth-order valence-electron chi connectivity index (χ4n) is 6.10. The Morgan fingerprint density at radius 2 is 0.726 bits per heavy atom. The van der Waals surface area contributed by atoms with Gasteiger partial charge >= 0.3 is 19.8 Å². The average Bonchev–Trinajstić information content (AvgIpc) is 3.38. The SMILES string of the molecule is CC/C=C\C/C=C\C/C=C\C/C=C\C/C=C\C/C=C\C/C=C\C/C=C\C/C=C\C/C=C\CCCCC(=O)OC(COC(=O)CC/C=C\C/C=C\C/C=C\C/C=C\C/C=C\C/C=C\CC)COP(=O)(O)OCCN. The largest absolute Gasteiger partial charge is 0.472 e. The first-order chi connectivity index (χ1) is 35.8. The molecule has 404 valence electrons. The molecule has 0 radical (unpaired) electrons. The van der Waals surface area contributed by atoms with E-state index in [1.54, 1.807) is 0 Å². The molecule has 73 heavy (non-hydrogen) atoms. The molecule has 0 spiro atoms. The number of rotatable bonds is 47. The van der Waals surface area contributed by atoms with E-state index in [0.717, 1.165) is 116 Å². The Balaban J connectivity index is 4.27. The van der Waals surface area contributed by atoms with E-state index in [1.807, 2.05) is 12.2 Å². The lowest BCUT2D eigenvalue weighted by Crippen LogP contribution is -2.29. The van der Waals surface area contributed by atoms with Gasteiger partial charge in [-0.25, -0.2) is 4.57 Å². The number of allylic oxidation sites excluding steroid dienone is 32. The Hall–Kier alpha value is -5.15. The Morgan fingerprint density at radius 1 is 0.411 bits per heavy atom. The van der Waals surface area contributed by atoms with Crippen molar-refractivity contribution in [3.05, 3.63) is 194 Å². The quantitative estimate of drug-likeness (QED) is 0.0264. The Morgan fingerprint density at radius 3 is 1.05 bits per heavy atom. The zero-order valence-corrected chi connectivity index (χ0v) is 45.7. The molecular formula is C63H94NO8P. The average molecular weight is 1020 g/mol. The van der Waals surface area contributed by atoms with Crippen LogP contribution in [0.1, 0.15) is 155 Å². The maximum atomic E-state index is 12.7. The van der Waals surface area contributed by atoms with Gasteiger partial charge in [0, 0.05) is 19.4 Å². The number of ether oxygens (including phenoxy) is 2. The molecule has 0 heterocycles. The number of hydrogen-bond donors (Lipinski definition) is 2. The highest BCUT2D eigenvalue weighted by Gasteiger charge is 2.25. The van der Waals surface area contributed by atoms with Gasteiger partial charge in [-0.3, -0.25) is 18.6 Å². The van der Waals surface area contributed by atoms with Crippen LogP contribution in [0.2, 0.25) is 0 Å². The van der Waals surface area contributed by atoms with Crippen LogP contribution in [0.3, 0.4) is 0 Å². The highest BCUT2D eigenvalue weighted by atomic mass is 31.2. The molecule has 3 N–H and O–H groups in total. The van der Waals surface area contributed by atoms with Crippen molar-refractivity contribution < 1.29 is 37.6 Å². The number of unbranched alkanes of at least 4 members (excludes halogenated alkanes) is 2. The van der Waals surface area contributed by atoms with Gasteiger partial charge in [0.15, 0.2) is 6.10 Å². The molecule has 0 amide bonds. The first-order valence-corrected chi connectivity index (χ1v) is 28.4. The number of carbonyl (C=O) groups is 2. The molecule has 0 aliphatic carbocycles. The second-order valence-electron chi connectivity index (χ2n) is 16.6. The van der Waals surface area contributed by atoms with Crippen LogP contribution in [0.4, 0.5) is 0 Å². The summed E-state index contributed by atoms with van der Waals surface area (Å²) in [5, 5.41) is 0. The first-order valence-electron chi connectivity index (χ1n) is 26.9. The third-order valence-corrected chi connectivity index (χ3v) is 11.0. The van der Waals surface area contributed by atoms with E-state index in [-0.39, 0.29) is 32.6 Å². The van der Waals surface area contributed by atoms with Crippen LogP contribution in [0.15, 0.2) is 194 Å². The lowest BCUT2D eigenvalue weighted by atomic mass is 10.2. The van der Waals surface area contributed by atoms with Gasteiger partial charge in [0.1, 0.15) is 6.61 Å². The van der Waals surface area contributed by atoms with Gasteiger partial charge in [0.25, 0.3) is 0 Å². The van der Waals surface area contributed by atoms with Gasteiger partial charge in [0.2, 0.25) is 0 Å². The summed E-state index contributed by atoms with van der Waals surface area (Å²) in [6.07, 6.45) is 86.4. The molecule has 0 saturated carbocycles. The lowest BCUT2D eigenvalue weighted by molar-refractivity contribution is -0.161. The van der Waals surface area contributed by atoms with E-state index in [1.165, 1.54) is 0 Å². The second kappa shape index (κ2) is 56.2. The zero-order valence-electron chi connectivity index (χ0n) is 44.8. The van der Waals surface area contributed by atoms with Gasteiger partial charge < -0.3 is 20.1 Å². The zero-order chi connectivity index (χ0) is 53.1. The minimum absolute atomic E-state index is 0.0243. The number of carbonyl (C=O) groups excluding carboxylic acids is 2. The molecule has 0 bridgehead atoms. The summed E-state index contributed by atoms with van der Waals surface area (Å²) in [7, 11) is -4.43. The predicted octanol–water partition coefficient (Wildman–Crippen LogP) is 17.1. The third-order valence-electron chi connectivity index (χ3n) is 9.99. The van der Waals surface area contributed by atoms with Gasteiger partial charge in [-0.1, -0.05) is 208 Å². The molecule has 10 heteroatoms. The molecule has 0 aliphatic rings. The molecule has 2 atom stereocenters. The normalized spacial score (nSPS) is 14.6. The summed E-state index contributed by atoms with van der Waals surface area (Å²) in [6.45, 7) is 3.33. The van der Waals surface area contributed by atoms with Crippen molar-refractivity contribution in [1.29, 1.82) is 0 Å². The van der Waals surface area contributed by atoms with Gasteiger partial charge in [-0.15, -0.1) is 0 Å². The number of nitrogens with two attached hydrogens (primary N) is 1. The summed E-state index contributed by atoms with van der Waals surface area (Å²) in [5.41, 5.74) is 5.36. The molecule has 9 nitrogen and oxygen atoms in total. The van der Waals surface area contributed by atoms with Crippen molar-refractivity contribution in [1.82, 2.24) is 0 Å². The van der Waals surface area contributed by atoms with Crippen molar-refractivity contribution in [2.24, 2.45) is 5.73 Å². The van der Waals surface area contributed by atoms with Crippen LogP contribution in [0.25, 0.3) is 0 Å². The topological polar surface area (TPSA) is 134 Å². The summed E-state index contributed by atoms with van der Waals surface area (Å²) in [6, 6.07) is 0. The molecule has 0 aromatic carbocycles. The highest BCUT2D eigenvalue weighted by Crippen LogP contribution is 2.43. The van der Waals surface area contributed by atoms with Gasteiger partial charge in [-0.2, -0.15) is 0 Å². The van der Waals surface area contributed by atoms with Crippen LogP contribution in [0, 0.1) is 0 Å². The van der Waals surface area contributed by atoms with Crippen LogP contribution in [0.5, 0.6) is 0 Å². The number of hydrogen-bond acceptors (Lipinski definition) is 8. The van der Waals surface area contributed by atoms with E-state index >= 15 is 0 Å². The number of phosphoric ester groups is 1. The van der Waals surface area contributed by atoms with Crippen molar-refractivity contribution in [3.63, 3.8) is 0 Å². The molecule has 0 aromatic rings. The van der Waals surface area contributed by atoms with Crippen molar-refractivity contribution in [3.8, 4) is 0 Å². The second-order valence-corrected chi connectivity index (χ2v) is 18.1. The van der Waals surface area contributed by atoms with E-state index in [0.29, 0.717) is 12.8 Å². The molecule has 2 unspecified atom stereocenters. The third kappa shape index (κ3) is 56.0. The van der Waals surface area contributed by atoms with E-state index in [2.05, 4.69) is 196 Å². The fraction of sp³-hybridized carbons (Fsp3) is 0.460. The van der Waals surface area contributed by atoms with Crippen molar-refractivity contribution >= 4 is 19.8 Å². The van der Waals surface area contributed by atoms with Crippen LogP contribution < -0.4 is 5.73 Å². The van der Waals surface area contributed by atoms with Crippen LogP contribution in [-0.4, -0.2) is 49.3 Å². The molecule has 0 aliphatic heterocycles. The summed E-state index contributed by atoms with van der Waals surface area (Å²) in [5.74, 6) is -1.000. The molecule has 0 aromatic heterocycles. The highest BCUT2D eigenvalue weighted by molar-refractivity contribution is 7.47. The van der Waals surface area contributed by atoms with E-state index < -0.39 is 32.5 Å². The lowest BCUT2D eigenvalue weighted by Gasteiger charge is -2.19. The fourth-order valence-corrected chi connectivity index (χ4v) is 6.86. The summed E-state index contributed by atoms with van der Waals surface area (Å²) in [4.78, 5) is 35.0. The minimum Gasteiger partial charge on any atom is -0.462 e. The maximum Gasteiger partial charge on any atom is 0.472 e. The Bertz CT molecular complexity index is 1880. The summed E-state index contributed by atoms with van der Waals surface area (Å²) < 4.78 is 32.8. The van der Waals surface area contributed by atoms with Crippen LogP contribution in [-0.2, 0) is 32.7 Å². The Labute approximate surface area is 443 Å². The maximum absolute atomic E-state index is 12.7. The molecule has 0 rings (SSSR count). The van der Waals surface area contributed by atoms with Gasteiger partial charge in [0.05, 0.1) is 13.2 Å². The number of phosphoric acid groups is 1. The van der Waals surface area contributed by atoms with Crippen LogP contribution >= 0.6 is 7.82 Å².